The summed E-state index contributed by atoms with van der Waals surface area (Å²) in [6, 6.07) is 10.4. The molecule has 96 valence electrons. The number of carboxylic acids is 1. The molecule has 5 heteroatoms. The molecule has 4 nitrogen and oxygen atoms in total. The largest absolute Gasteiger partial charge is 0.477 e. The average Bonchev–Trinajstić information content (AvgIpc) is 2.39. The number of carboxylic acid groups (broad SMARTS) is 1. The highest BCUT2D eigenvalue weighted by atomic mass is 79.9. The summed E-state index contributed by atoms with van der Waals surface area (Å²) in [5.41, 5.74) is 0.738. The van der Waals surface area contributed by atoms with Gasteiger partial charge in [-0.15, -0.1) is 0 Å². The fourth-order valence-corrected chi connectivity index (χ4v) is 2.20. The predicted octanol–water partition coefficient (Wildman–Crippen LogP) is 2.32. The molecule has 0 amide bonds. The van der Waals surface area contributed by atoms with E-state index in [1.165, 1.54) is 12.3 Å². The lowest BCUT2D eigenvalue weighted by Crippen LogP contribution is -2.38. The van der Waals surface area contributed by atoms with E-state index in [4.69, 9.17) is 5.11 Å². The van der Waals surface area contributed by atoms with Crippen LogP contribution >= 0.6 is 15.9 Å². The van der Waals surface area contributed by atoms with Gasteiger partial charge in [-0.05, 0) is 22.0 Å². The number of pyridine rings is 1. The number of carbonyl (C=O) groups excluding carboxylic acids is 1. The third-order valence-corrected chi connectivity index (χ3v) is 2.99. The first-order valence-corrected chi connectivity index (χ1v) is 6.37. The lowest BCUT2D eigenvalue weighted by molar-refractivity contribution is -0.683. The van der Waals surface area contributed by atoms with Crippen molar-refractivity contribution in [2.45, 2.75) is 6.54 Å². The van der Waals surface area contributed by atoms with Crippen molar-refractivity contribution < 1.29 is 19.3 Å². The van der Waals surface area contributed by atoms with E-state index in [1.54, 1.807) is 35.0 Å². The fourth-order valence-electron chi connectivity index (χ4n) is 1.69. The molecular formula is C14H11BrNO3+. The van der Waals surface area contributed by atoms with Crippen LogP contribution in [0, 0.1) is 0 Å². The summed E-state index contributed by atoms with van der Waals surface area (Å²) in [6.45, 7) is 0.101. The Morgan fingerprint density at radius 2 is 1.79 bits per heavy atom. The Morgan fingerprint density at radius 1 is 1.11 bits per heavy atom. The lowest BCUT2D eigenvalue weighted by atomic mass is 10.1. The third kappa shape index (κ3) is 3.48. The minimum Gasteiger partial charge on any atom is -0.477 e. The number of halogens is 1. The van der Waals surface area contributed by atoms with Gasteiger partial charge in [0.15, 0.2) is 12.4 Å². The van der Waals surface area contributed by atoms with Crippen molar-refractivity contribution >= 4 is 27.7 Å². The van der Waals surface area contributed by atoms with Crippen LogP contribution in [0.15, 0.2) is 53.3 Å². The quantitative estimate of drug-likeness (QED) is 0.694. The van der Waals surface area contributed by atoms with Crippen LogP contribution in [0.3, 0.4) is 0 Å². The summed E-state index contributed by atoms with van der Waals surface area (Å²) in [5, 5.41) is 8.97. The van der Waals surface area contributed by atoms with Gasteiger partial charge in [-0.3, -0.25) is 4.79 Å². The molecule has 0 saturated heterocycles. The first-order chi connectivity index (χ1) is 9.06. The van der Waals surface area contributed by atoms with Crippen LogP contribution in [0.4, 0.5) is 0 Å². The first kappa shape index (κ1) is 13.4. The highest BCUT2D eigenvalue weighted by molar-refractivity contribution is 9.10. The summed E-state index contributed by atoms with van der Waals surface area (Å²) >= 11 is 3.23. The minimum absolute atomic E-state index is 0.0694. The van der Waals surface area contributed by atoms with Gasteiger partial charge in [-0.2, -0.15) is 4.57 Å². The zero-order chi connectivity index (χ0) is 13.8. The van der Waals surface area contributed by atoms with Crippen molar-refractivity contribution in [1.82, 2.24) is 0 Å². The number of rotatable bonds is 4. The van der Waals surface area contributed by atoms with Gasteiger partial charge in [0.2, 0.25) is 12.3 Å². The predicted molar refractivity (Wildman–Crippen MR) is 72.1 cm³/mol. The smallest absolute Gasteiger partial charge is 0.341 e. The summed E-state index contributed by atoms with van der Waals surface area (Å²) in [7, 11) is 0. The van der Waals surface area contributed by atoms with Gasteiger partial charge in [0.1, 0.15) is 5.56 Å². The van der Waals surface area contributed by atoms with Crippen molar-refractivity contribution in [3.8, 4) is 0 Å². The number of carbonyl (C=O) groups is 2. The van der Waals surface area contributed by atoms with Gasteiger partial charge in [0.05, 0.1) is 4.47 Å². The van der Waals surface area contributed by atoms with E-state index in [1.807, 2.05) is 6.07 Å². The lowest BCUT2D eigenvalue weighted by Gasteiger charge is -2.00. The molecule has 0 aliphatic carbocycles. The molecule has 0 bridgehead atoms. The van der Waals surface area contributed by atoms with Crippen LogP contribution in [-0.4, -0.2) is 16.9 Å². The molecule has 0 aliphatic heterocycles. The van der Waals surface area contributed by atoms with Crippen LogP contribution in [0.25, 0.3) is 0 Å². The number of nitrogens with zero attached hydrogens (tertiary/aromatic N) is 1. The van der Waals surface area contributed by atoms with Gasteiger partial charge < -0.3 is 5.11 Å². The number of ketones is 1. The van der Waals surface area contributed by atoms with Crippen LogP contribution < -0.4 is 4.57 Å². The normalized spacial score (nSPS) is 10.2. The molecule has 19 heavy (non-hydrogen) atoms. The Kier molecular flexibility index (Phi) is 4.06. The molecule has 0 unspecified atom stereocenters. The first-order valence-electron chi connectivity index (χ1n) is 5.57. The molecule has 1 N–H and O–H groups in total. The van der Waals surface area contributed by atoms with Gasteiger partial charge in [0, 0.05) is 5.56 Å². The van der Waals surface area contributed by atoms with E-state index < -0.39 is 5.97 Å². The summed E-state index contributed by atoms with van der Waals surface area (Å²) < 4.78 is 2.18. The van der Waals surface area contributed by atoms with Gasteiger partial charge >= 0.3 is 5.97 Å². The maximum Gasteiger partial charge on any atom is 0.341 e. The molecule has 0 saturated carbocycles. The van der Waals surface area contributed by atoms with Gasteiger partial charge in [-0.1, -0.05) is 30.3 Å². The van der Waals surface area contributed by atoms with Crippen LogP contribution in [0.2, 0.25) is 0 Å². The van der Waals surface area contributed by atoms with Crippen LogP contribution in [0.5, 0.6) is 0 Å². The molecular weight excluding hydrogens is 310 g/mol. The molecule has 0 atom stereocenters. The van der Waals surface area contributed by atoms with Crippen LogP contribution in [0.1, 0.15) is 20.7 Å². The zero-order valence-corrected chi connectivity index (χ0v) is 11.5. The molecule has 1 aromatic carbocycles. The topological polar surface area (TPSA) is 58.2 Å². The number of Topliss-reactive ketones (excluding diaryl/α,β-unsaturated/α-hetero) is 1. The second-order valence-corrected chi connectivity index (χ2v) is 4.93. The SMILES string of the molecule is O=C(O)c1cc(Br)c[n+](CC(=O)c2ccccc2)c1. The number of aromatic nitrogens is 1. The summed E-state index contributed by atoms with van der Waals surface area (Å²) in [5.74, 6) is -1.10. The summed E-state index contributed by atoms with van der Waals surface area (Å²) in [6.07, 6.45) is 3.11. The average molecular weight is 321 g/mol. The Bertz CT molecular complexity index is 626. The molecule has 0 spiro atoms. The van der Waals surface area contributed by atoms with E-state index in [0.29, 0.717) is 10.0 Å². The van der Waals surface area contributed by atoms with Gasteiger partial charge in [0.25, 0.3) is 0 Å². The van der Waals surface area contributed by atoms with E-state index >= 15 is 0 Å². The van der Waals surface area contributed by atoms with E-state index in [2.05, 4.69) is 15.9 Å². The van der Waals surface area contributed by atoms with Crippen LogP contribution in [-0.2, 0) is 6.54 Å². The highest BCUT2D eigenvalue weighted by Gasteiger charge is 2.16. The number of benzene rings is 1. The third-order valence-electron chi connectivity index (χ3n) is 2.56. The highest BCUT2D eigenvalue weighted by Crippen LogP contribution is 2.09. The molecule has 2 aromatic rings. The van der Waals surface area contributed by atoms with Gasteiger partial charge in [-0.25, -0.2) is 4.79 Å². The Balaban J connectivity index is 2.24. The molecule has 2 rings (SSSR count). The zero-order valence-electron chi connectivity index (χ0n) is 9.91. The maximum atomic E-state index is 12.0. The summed E-state index contributed by atoms with van der Waals surface area (Å²) in [4.78, 5) is 23.0. The number of hydrogen-bond acceptors (Lipinski definition) is 2. The minimum atomic E-state index is -1.03. The second kappa shape index (κ2) is 5.75. The van der Waals surface area contributed by atoms with E-state index in [0.717, 1.165) is 0 Å². The van der Waals surface area contributed by atoms with Crippen molar-refractivity contribution in [1.29, 1.82) is 0 Å². The standard InChI is InChI=1S/C14H10BrNO3/c15-12-6-11(14(18)19)7-16(8-12)9-13(17)10-4-2-1-3-5-10/h1-8H,9H2/p+1. The molecule has 0 fully saturated rings. The number of hydrogen-bond donors (Lipinski definition) is 1. The monoisotopic (exact) mass is 320 g/mol. The Hall–Kier alpha value is -2.01. The van der Waals surface area contributed by atoms with Crippen molar-refractivity contribution in [3.63, 3.8) is 0 Å². The number of aromatic carboxylic acids is 1. The Morgan fingerprint density at radius 3 is 2.42 bits per heavy atom. The van der Waals surface area contributed by atoms with E-state index in [9.17, 15) is 9.59 Å². The molecule has 0 radical (unpaired) electrons. The van der Waals surface area contributed by atoms with E-state index in [-0.39, 0.29) is 17.9 Å². The van der Waals surface area contributed by atoms with Crippen molar-refractivity contribution in [2.24, 2.45) is 0 Å². The molecule has 1 aromatic heterocycles. The second-order valence-electron chi connectivity index (χ2n) is 4.01. The van der Waals surface area contributed by atoms with Crippen molar-refractivity contribution in [2.75, 3.05) is 0 Å². The fraction of sp³-hybridized carbons (Fsp3) is 0.0714. The Labute approximate surface area is 118 Å². The molecule has 1 heterocycles. The van der Waals surface area contributed by atoms with Crippen molar-refractivity contribution in [3.05, 3.63) is 64.4 Å². The maximum absolute atomic E-state index is 12.0. The molecule has 0 aliphatic rings.